The van der Waals surface area contributed by atoms with E-state index in [-0.39, 0.29) is 11.9 Å². The molecule has 1 aliphatic rings. The van der Waals surface area contributed by atoms with E-state index >= 15 is 0 Å². The summed E-state index contributed by atoms with van der Waals surface area (Å²) in [5.74, 6) is 0.825. The Labute approximate surface area is 112 Å². The molecule has 3 nitrogen and oxygen atoms in total. The van der Waals surface area contributed by atoms with Crippen LogP contribution in [-0.2, 0) is 4.79 Å². The first-order valence-electron chi connectivity index (χ1n) is 7.46. The van der Waals surface area contributed by atoms with Gasteiger partial charge in [-0.2, -0.15) is 0 Å². The number of carbonyl (C=O) groups is 1. The summed E-state index contributed by atoms with van der Waals surface area (Å²) < 4.78 is 0. The van der Waals surface area contributed by atoms with Gasteiger partial charge in [-0.25, -0.2) is 0 Å². The Hall–Kier alpha value is -0.570. The third kappa shape index (κ3) is 3.98. The molecule has 0 aromatic rings. The molecular formula is C15H30N2O. The normalized spacial score (nSPS) is 26.7. The minimum absolute atomic E-state index is 0.0238. The lowest BCUT2D eigenvalue weighted by Gasteiger charge is -2.39. The Morgan fingerprint density at radius 1 is 1.28 bits per heavy atom. The topological polar surface area (TPSA) is 55.1 Å². The molecule has 0 unspecified atom stereocenters. The molecule has 1 rings (SSSR count). The van der Waals surface area contributed by atoms with E-state index in [1.54, 1.807) is 0 Å². The average Bonchev–Trinajstić information content (AvgIpc) is 2.38. The molecule has 3 N–H and O–H groups in total. The minimum Gasteiger partial charge on any atom is -0.352 e. The van der Waals surface area contributed by atoms with E-state index in [1.807, 2.05) is 6.92 Å². The van der Waals surface area contributed by atoms with Gasteiger partial charge in [0.05, 0.1) is 6.04 Å². The van der Waals surface area contributed by atoms with Gasteiger partial charge in [-0.3, -0.25) is 4.79 Å². The van der Waals surface area contributed by atoms with Crippen LogP contribution in [-0.4, -0.2) is 18.0 Å². The fourth-order valence-electron chi connectivity index (χ4n) is 2.80. The molecule has 106 valence electrons. The van der Waals surface area contributed by atoms with E-state index in [1.165, 1.54) is 19.3 Å². The van der Waals surface area contributed by atoms with Crippen molar-refractivity contribution in [3.8, 4) is 0 Å². The predicted molar refractivity (Wildman–Crippen MR) is 76.2 cm³/mol. The van der Waals surface area contributed by atoms with Gasteiger partial charge in [-0.15, -0.1) is 0 Å². The molecular weight excluding hydrogens is 224 g/mol. The summed E-state index contributed by atoms with van der Waals surface area (Å²) in [4.78, 5) is 11.7. The van der Waals surface area contributed by atoms with Gasteiger partial charge >= 0.3 is 0 Å². The molecule has 1 atom stereocenters. The average molecular weight is 254 g/mol. The van der Waals surface area contributed by atoms with E-state index in [2.05, 4.69) is 26.1 Å². The maximum atomic E-state index is 11.7. The zero-order chi connectivity index (χ0) is 13.8. The summed E-state index contributed by atoms with van der Waals surface area (Å²) in [6, 6.07) is 0.00816. The summed E-state index contributed by atoms with van der Waals surface area (Å²) in [6.45, 7) is 8.95. The molecule has 3 heteroatoms. The second-order valence-electron chi connectivity index (χ2n) is 6.41. The van der Waals surface area contributed by atoms with Crippen LogP contribution in [0.4, 0.5) is 0 Å². The van der Waals surface area contributed by atoms with E-state index in [0.717, 1.165) is 18.8 Å². The van der Waals surface area contributed by atoms with Crippen molar-refractivity contribution < 1.29 is 4.79 Å². The molecule has 0 aromatic heterocycles. The van der Waals surface area contributed by atoms with Crippen LogP contribution in [0.5, 0.6) is 0 Å². The summed E-state index contributed by atoms with van der Waals surface area (Å²) in [5.41, 5.74) is 6.18. The summed E-state index contributed by atoms with van der Waals surface area (Å²) >= 11 is 0. The van der Waals surface area contributed by atoms with Crippen molar-refractivity contribution in [2.75, 3.05) is 0 Å². The minimum atomic E-state index is -0.338. The molecule has 0 radical (unpaired) electrons. The number of hydrogen-bond donors (Lipinski definition) is 2. The standard InChI is InChI=1S/C15H30N2O/c1-5-13(16)14(18)17-12-9-7-11(8-10-12)15(3,4)6-2/h11-13H,5-10,16H2,1-4H3,(H,17,18)/t11?,12?,13-/m1/s1. The van der Waals surface area contributed by atoms with Gasteiger partial charge in [-0.1, -0.05) is 34.1 Å². The van der Waals surface area contributed by atoms with Gasteiger partial charge in [-0.05, 0) is 43.4 Å². The second-order valence-corrected chi connectivity index (χ2v) is 6.41. The molecule has 1 aliphatic carbocycles. The highest BCUT2D eigenvalue weighted by Crippen LogP contribution is 2.40. The van der Waals surface area contributed by atoms with Crippen molar-refractivity contribution in [1.82, 2.24) is 5.32 Å². The molecule has 0 heterocycles. The molecule has 1 saturated carbocycles. The van der Waals surface area contributed by atoms with E-state index in [4.69, 9.17) is 5.73 Å². The monoisotopic (exact) mass is 254 g/mol. The summed E-state index contributed by atoms with van der Waals surface area (Å²) in [6.07, 6.45) is 6.62. The highest BCUT2D eigenvalue weighted by Gasteiger charge is 2.32. The summed E-state index contributed by atoms with van der Waals surface area (Å²) in [7, 11) is 0. The van der Waals surface area contributed by atoms with Gasteiger partial charge < -0.3 is 11.1 Å². The lowest BCUT2D eigenvalue weighted by molar-refractivity contribution is -0.123. The smallest absolute Gasteiger partial charge is 0.237 e. The lowest BCUT2D eigenvalue weighted by atomic mass is 9.69. The van der Waals surface area contributed by atoms with Gasteiger partial charge in [0.1, 0.15) is 0 Å². The number of rotatable bonds is 5. The molecule has 0 bridgehead atoms. The zero-order valence-corrected chi connectivity index (χ0v) is 12.5. The molecule has 0 spiro atoms. The Morgan fingerprint density at radius 3 is 2.28 bits per heavy atom. The lowest BCUT2D eigenvalue weighted by Crippen LogP contribution is -2.46. The first kappa shape index (κ1) is 15.5. The van der Waals surface area contributed by atoms with Gasteiger partial charge in [0.25, 0.3) is 0 Å². The second kappa shape index (κ2) is 6.55. The highest BCUT2D eigenvalue weighted by atomic mass is 16.2. The van der Waals surface area contributed by atoms with E-state index in [9.17, 15) is 4.79 Å². The number of nitrogens with two attached hydrogens (primary N) is 1. The number of amides is 1. The molecule has 0 aliphatic heterocycles. The fraction of sp³-hybridized carbons (Fsp3) is 0.933. The molecule has 1 amide bonds. The van der Waals surface area contributed by atoms with Crippen molar-refractivity contribution in [3.05, 3.63) is 0 Å². The van der Waals surface area contributed by atoms with Crippen LogP contribution < -0.4 is 11.1 Å². The Kier molecular flexibility index (Phi) is 5.64. The first-order valence-corrected chi connectivity index (χ1v) is 7.46. The van der Waals surface area contributed by atoms with Crippen molar-refractivity contribution in [1.29, 1.82) is 0 Å². The molecule has 1 fully saturated rings. The maximum absolute atomic E-state index is 11.7. The van der Waals surface area contributed by atoms with Crippen molar-refractivity contribution in [2.45, 2.75) is 78.3 Å². The molecule has 0 saturated heterocycles. The number of hydrogen-bond acceptors (Lipinski definition) is 2. The van der Waals surface area contributed by atoms with E-state index < -0.39 is 0 Å². The summed E-state index contributed by atoms with van der Waals surface area (Å²) in [5, 5.41) is 3.10. The Bertz CT molecular complexity index is 268. The third-order valence-corrected chi connectivity index (χ3v) is 4.87. The van der Waals surface area contributed by atoms with Gasteiger partial charge in [0.15, 0.2) is 0 Å². The largest absolute Gasteiger partial charge is 0.352 e. The van der Waals surface area contributed by atoms with Crippen molar-refractivity contribution in [3.63, 3.8) is 0 Å². The van der Waals surface area contributed by atoms with Gasteiger partial charge in [0.2, 0.25) is 5.91 Å². The quantitative estimate of drug-likeness (QED) is 0.792. The predicted octanol–water partition coefficient (Wildman–Crippen LogP) is 2.83. The number of nitrogens with one attached hydrogen (secondary N) is 1. The number of carbonyl (C=O) groups excluding carboxylic acids is 1. The zero-order valence-electron chi connectivity index (χ0n) is 12.5. The third-order valence-electron chi connectivity index (χ3n) is 4.87. The first-order chi connectivity index (χ1) is 8.40. The van der Waals surface area contributed by atoms with Crippen LogP contribution >= 0.6 is 0 Å². The van der Waals surface area contributed by atoms with Crippen molar-refractivity contribution >= 4 is 5.91 Å². The van der Waals surface area contributed by atoms with Crippen LogP contribution in [0, 0.1) is 11.3 Å². The SMILES string of the molecule is CC[C@@H](N)C(=O)NC1CCC(C(C)(C)CC)CC1. The van der Waals surface area contributed by atoms with E-state index in [0.29, 0.717) is 17.9 Å². The van der Waals surface area contributed by atoms with Gasteiger partial charge in [0, 0.05) is 6.04 Å². The van der Waals surface area contributed by atoms with Crippen LogP contribution in [0.25, 0.3) is 0 Å². The highest BCUT2D eigenvalue weighted by molar-refractivity contribution is 5.81. The molecule has 0 aromatic carbocycles. The molecule has 18 heavy (non-hydrogen) atoms. The van der Waals surface area contributed by atoms with Crippen LogP contribution in [0.1, 0.15) is 66.2 Å². The van der Waals surface area contributed by atoms with Crippen LogP contribution in [0.2, 0.25) is 0 Å². The Balaban J connectivity index is 2.38. The van der Waals surface area contributed by atoms with Crippen LogP contribution in [0.15, 0.2) is 0 Å². The van der Waals surface area contributed by atoms with Crippen LogP contribution in [0.3, 0.4) is 0 Å². The maximum Gasteiger partial charge on any atom is 0.237 e. The van der Waals surface area contributed by atoms with Crippen molar-refractivity contribution in [2.24, 2.45) is 17.1 Å². The fourth-order valence-corrected chi connectivity index (χ4v) is 2.80. The Morgan fingerprint density at radius 2 is 1.83 bits per heavy atom.